The zero-order valence-corrected chi connectivity index (χ0v) is 10.1. The van der Waals surface area contributed by atoms with Crippen LogP contribution in [0.5, 0.6) is 0 Å². The Balaban J connectivity index is 1.96. The lowest BCUT2D eigenvalue weighted by molar-refractivity contribution is -0.139. The van der Waals surface area contributed by atoms with Crippen LogP contribution >= 0.6 is 0 Å². The van der Waals surface area contributed by atoms with Crippen LogP contribution in [0.15, 0.2) is 30.3 Å². The molecule has 1 saturated heterocycles. The highest BCUT2D eigenvalue weighted by atomic mass is 16.2. The van der Waals surface area contributed by atoms with Crippen molar-refractivity contribution in [1.82, 2.24) is 4.90 Å². The molecule has 0 N–H and O–H groups in total. The van der Waals surface area contributed by atoms with Crippen molar-refractivity contribution in [3.8, 4) is 0 Å². The van der Waals surface area contributed by atoms with E-state index in [1.807, 2.05) is 35.2 Å². The fourth-order valence-corrected chi connectivity index (χ4v) is 2.20. The van der Waals surface area contributed by atoms with Crippen molar-refractivity contribution < 1.29 is 9.59 Å². The van der Waals surface area contributed by atoms with Gasteiger partial charge < -0.3 is 4.90 Å². The SMILES string of the molecule is CC(=O)C1CCN(Cc2ccccc2)C(=O)C1. The normalized spacial score (nSPS) is 20.4. The fourth-order valence-electron chi connectivity index (χ4n) is 2.20. The van der Waals surface area contributed by atoms with Gasteiger partial charge in [0.15, 0.2) is 0 Å². The number of Topliss-reactive ketones (excluding diaryl/α,β-unsaturated/α-hetero) is 1. The second kappa shape index (κ2) is 5.13. The van der Waals surface area contributed by atoms with E-state index in [1.54, 1.807) is 6.92 Å². The predicted molar refractivity (Wildman–Crippen MR) is 65.3 cm³/mol. The molecule has 1 amide bonds. The van der Waals surface area contributed by atoms with Gasteiger partial charge in [0.25, 0.3) is 0 Å². The van der Waals surface area contributed by atoms with Gasteiger partial charge in [0.05, 0.1) is 0 Å². The van der Waals surface area contributed by atoms with Crippen LogP contribution in [-0.2, 0) is 16.1 Å². The number of amides is 1. The summed E-state index contributed by atoms with van der Waals surface area (Å²) in [5.74, 6) is 0.174. The highest BCUT2D eigenvalue weighted by Crippen LogP contribution is 2.20. The maximum Gasteiger partial charge on any atom is 0.223 e. The molecule has 1 aromatic carbocycles. The molecule has 1 fully saturated rings. The summed E-state index contributed by atoms with van der Waals surface area (Å²) in [5, 5.41) is 0. The second-order valence-electron chi connectivity index (χ2n) is 4.60. The Morgan fingerprint density at radius 3 is 2.65 bits per heavy atom. The molecule has 17 heavy (non-hydrogen) atoms. The van der Waals surface area contributed by atoms with Crippen molar-refractivity contribution in [2.24, 2.45) is 5.92 Å². The van der Waals surface area contributed by atoms with E-state index in [0.29, 0.717) is 19.5 Å². The molecule has 3 nitrogen and oxygen atoms in total. The van der Waals surface area contributed by atoms with Crippen LogP contribution in [0.4, 0.5) is 0 Å². The quantitative estimate of drug-likeness (QED) is 0.798. The predicted octanol–water partition coefficient (Wildman–Crippen LogP) is 2.01. The summed E-state index contributed by atoms with van der Waals surface area (Å²) >= 11 is 0. The van der Waals surface area contributed by atoms with Gasteiger partial charge in [-0.25, -0.2) is 0 Å². The van der Waals surface area contributed by atoms with Crippen molar-refractivity contribution in [2.45, 2.75) is 26.3 Å². The Hall–Kier alpha value is -1.64. The van der Waals surface area contributed by atoms with Gasteiger partial charge in [-0.05, 0) is 18.9 Å². The summed E-state index contributed by atoms with van der Waals surface area (Å²) in [6.45, 7) is 2.92. The van der Waals surface area contributed by atoms with Gasteiger partial charge in [0.2, 0.25) is 5.91 Å². The number of likely N-dealkylation sites (tertiary alicyclic amines) is 1. The summed E-state index contributed by atoms with van der Waals surface area (Å²) < 4.78 is 0. The van der Waals surface area contributed by atoms with Gasteiger partial charge >= 0.3 is 0 Å². The highest BCUT2D eigenvalue weighted by molar-refractivity contribution is 5.86. The minimum atomic E-state index is -0.0606. The first-order valence-electron chi connectivity index (χ1n) is 5.99. The van der Waals surface area contributed by atoms with E-state index in [0.717, 1.165) is 12.0 Å². The Morgan fingerprint density at radius 1 is 1.35 bits per heavy atom. The van der Waals surface area contributed by atoms with Gasteiger partial charge in [-0.2, -0.15) is 0 Å². The van der Waals surface area contributed by atoms with Crippen LogP contribution < -0.4 is 0 Å². The number of benzene rings is 1. The van der Waals surface area contributed by atoms with Crippen molar-refractivity contribution in [3.63, 3.8) is 0 Å². The van der Waals surface area contributed by atoms with Crippen LogP contribution in [0.2, 0.25) is 0 Å². The lowest BCUT2D eigenvalue weighted by Crippen LogP contribution is -2.39. The van der Waals surface area contributed by atoms with Crippen molar-refractivity contribution >= 4 is 11.7 Å². The van der Waals surface area contributed by atoms with Crippen LogP contribution in [0.3, 0.4) is 0 Å². The monoisotopic (exact) mass is 231 g/mol. The number of piperidine rings is 1. The van der Waals surface area contributed by atoms with Crippen molar-refractivity contribution in [3.05, 3.63) is 35.9 Å². The van der Waals surface area contributed by atoms with Crippen LogP contribution in [0.25, 0.3) is 0 Å². The number of hydrogen-bond acceptors (Lipinski definition) is 2. The van der Waals surface area contributed by atoms with E-state index in [9.17, 15) is 9.59 Å². The van der Waals surface area contributed by atoms with E-state index in [-0.39, 0.29) is 17.6 Å². The minimum Gasteiger partial charge on any atom is -0.338 e. The third kappa shape index (κ3) is 2.93. The molecule has 3 heteroatoms. The Labute approximate surface area is 101 Å². The average molecular weight is 231 g/mol. The molecule has 1 atom stereocenters. The number of rotatable bonds is 3. The standard InChI is InChI=1S/C14H17NO2/c1-11(16)13-7-8-15(14(17)9-13)10-12-5-3-2-4-6-12/h2-6,13H,7-10H2,1H3. The Morgan fingerprint density at radius 2 is 2.06 bits per heavy atom. The number of hydrogen-bond donors (Lipinski definition) is 0. The number of nitrogens with zero attached hydrogens (tertiary/aromatic N) is 1. The topological polar surface area (TPSA) is 37.4 Å². The van der Waals surface area contributed by atoms with E-state index < -0.39 is 0 Å². The first-order chi connectivity index (χ1) is 8.16. The molecule has 0 aliphatic carbocycles. The van der Waals surface area contributed by atoms with Gasteiger partial charge in [-0.3, -0.25) is 9.59 Å². The third-order valence-corrected chi connectivity index (χ3v) is 3.31. The molecule has 0 spiro atoms. The van der Waals surface area contributed by atoms with Crippen LogP contribution in [0, 0.1) is 5.92 Å². The molecule has 1 unspecified atom stereocenters. The molecule has 2 rings (SSSR count). The molecule has 1 aliphatic heterocycles. The van der Waals surface area contributed by atoms with E-state index in [1.165, 1.54) is 0 Å². The molecule has 0 aromatic heterocycles. The molecule has 0 saturated carbocycles. The summed E-state index contributed by atoms with van der Waals surface area (Å²) in [7, 11) is 0. The zero-order chi connectivity index (χ0) is 12.3. The number of ketones is 1. The van der Waals surface area contributed by atoms with Crippen LogP contribution in [-0.4, -0.2) is 23.1 Å². The summed E-state index contributed by atoms with van der Waals surface area (Å²) in [6, 6.07) is 9.95. The fraction of sp³-hybridized carbons (Fsp3) is 0.429. The molecule has 0 bridgehead atoms. The van der Waals surface area contributed by atoms with Crippen LogP contribution in [0.1, 0.15) is 25.3 Å². The summed E-state index contributed by atoms with van der Waals surface area (Å²) in [5.41, 5.74) is 1.14. The maximum absolute atomic E-state index is 11.9. The lowest BCUT2D eigenvalue weighted by Gasteiger charge is -2.30. The minimum absolute atomic E-state index is 0.0606. The van der Waals surface area contributed by atoms with E-state index in [4.69, 9.17) is 0 Å². The number of carbonyl (C=O) groups is 2. The van der Waals surface area contributed by atoms with E-state index >= 15 is 0 Å². The van der Waals surface area contributed by atoms with Gasteiger partial charge in [-0.15, -0.1) is 0 Å². The molecule has 0 radical (unpaired) electrons. The van der Waals surface area contributed by atoms with Crippen molar-refractivity contribution in [1.29, 1.82) is 0 Å². The first kappa shape index (κ1) is 11.8. The molecule has 90 valence electrons. The highest BCUT2D eigenvalue weighted by Gasteiger charge is 2.28. The van der Waals surface area contributed by atoms with E-state index in [2.05, 4.69) is 0 Å². The Bertz CT molecular complexity index is 413. The summed E-state index contributed by atoms with van der Waals surface area (Å²) in [6.07, 6.45) is 1.18. The average Bonchev–Trinajstić information content (AvgIpc) is 2.33. The summed E-state index contributed by atoms with van der Waals surface area (Å²) in [4.78, 5) is 25.0. The lowest BCUT2D eigenvalue weighted by atomic mass is 9.92. The smallest absolute Gasteiger partial charge is 0.223 e. The van der Waals surface area contributed by atoms with Gasteiger partial charge in [0.1, 0.15) is 5.78 Å². The van der Waals surface area contributed by atoms with Gasteiger partial charge in [0, 0.05) is 25.4 Å². The Kier molecular flexibility index (Phi) is 3.57. The largest absolute Gasteiger partial charge is 0.338 e. The molecule has 1 heterocycles. The molecule has 1 aliphatic rings. The second-order valence-corrected chi connectivity index (χ2v) is 4.60. The zero-order valence-electron chi connectivity index (χ0n) is 10.1. The third-order valence-electron chi connectivity index (χ3n) is 3.31. The molecule has 1 aromatic rings. The number of carbonyl (C=O) groups excluding carboxylic acids is 2. The first-order valence-corrected chi connectivity index (χ1v) is 5.99. The molecular weight excluding hydrogens is 214 g/mol. The molecular formula is C14H17NO2. The van der Waals surface area contributed by atoms with Gasteiger partial charge in [-0.1, -0.05) is 30.3 Å². The maximum atomic E-state index is 11.9. The van der Waals surface area contributed by atoms with Crippen molar-refractivity contribution in [2.75, 3.05) is 6.54 Å².